The van der Waals surface area contributed by atoms with Crippen molar-refractivity contribution in [1.82, 2.24) is 10.2 Å². The molecule has 7 heteroatoms. The molecule has 2 unspecified atom stereocenters. The number of ether oxygens (including phenoxy) is 1. The lowest BCUT2D eigenvalue weighted by Crippen LogP contribution is -2.35. The van der Waals surface area contributed by atoms with Crippen LogP contribution in [0.5, 0.6) is 0 Å². The molecule has 1 heterocycles. The van der Waals surface area contributed by atoms with E-state index in [9.17, 15) is 4.79 Å². The monoisotopic (exact) mass is 357 g/mol. The van der Waals surface area contributed by atoms with Gasteiger partial charge in [-0.15, -0.1) is 24.8 Å². The van der Waals surface area contributed by atoms with Gasteiger partial charge < -0.3 is 20.7 Å². The molecular formula is C15H33Cl2N3O2. The van der Waals surface area contributed by atoms with Gasteiger partial charge in [-0.2, -0.15) is 0 Å². The molecule has 0 aliphatic carbocycles. The third-order valence-corrected chi connectivity index (χ3v) is 3.97. The number of hydrogen-bond donors (Lipinski definition) is 2. The van der Waals surface area contributed by atoms with E-state index in [1.165, 1.54) is 25.9 Å². The summed E-state index contributed by atoms with van der Waals surface area (Å²) in [6.07, 6.45) is 5.08. The van der Waals surface area contributed by atoms with Gasteiger partial charge in [0.15, 0.2) is 0 Å². The SMILES string of the molecule is COC(CN)CC(=O)NCCCCN1CCCC(C)C1.Cl.Cl. The van der Waals surface area contributed by atoms with E-state index in [0.29, 0.717) is 13.0 Å². The molecule has 0 aromatic carbocycles. The fraction of sp³-hybridized carbons (Fsp3) is 0.933. The summed E-state index contributed by atoms with van der Waals surface area (Å²) < 4.78 is 5.09. The van der Waals surface area contributed by atoms with E-state index in [4.69, 9.17) is 10.5 Å². The van der Waals surface area contributed by atoms with Gasteiger partial charge in [0.1, 0.15) is 0 Å². The first-order valence-corrected chi connectivity index (χ1v) is 7.87. The van der Waals surface area contributed by atoms with Crippen molar-refractivity contribution >= 4 is 30.7 Å². The summed E-state index contributed by atoms with van der Waals surface area (Å²) in [7, 11) is 1.59. The number of amides is 1. The Hall–Kier alpha value is -0.0700. The number of likely N-dealkylation sites (tertiary alicyclic amines) is 1. The Morgan fingerprint density at radius 1 is 1.41 bits per heavy atom. The van der Waals surface area contributed by atoms with Crippen LogP contribution in [0.2, 0.25) is 0 Å². The van der Waals surface area contributed by atoms with Gasteiger partial charge in [-0.3, -0.25) is 4.79 Å². The van der Waals surface area contributed by atoms with Crippen molar-refractivity contribution in [3.8, 4) is 0 Å². The molecule has 2 atom stereocenters. The Bertz CT molecular complexity index is 280. The molecule has 0 spiro atoms. The van der Waals surface area contributed by atoms with E-state index >= 15 is 0 Å². The summed E-state index contributed by atoms with van der Waals surface area (Å²) in [5.41, 5.74) is 5.49. The standard InChI is InChI=1S/C15H31N3O2.2ClH/c1-13-6-5-9-18(12-13)8-4-3-7-17-15(19)10-14(11-16)20-2;;/h13-14H,3-12,16H2,1-2H3,(H,17,19);2*1H. The van der Waals surface area contributed by atoms with Gasteiger partial charge in [0.05, 0.1) is 12.5 Å². The average Bonchev–Trinajstić information content (AvgIpc) is 2.44. The van der Waals surface area contributed by atoms with Gasteiger partial charge in [0.2, 0.25) is 5.91 Å². The highest BCUT2D eigenvalue weighted by Crippen LogP contribution is 2.15. The number of hydrogen-bond acceptors (Lipinski definition) is 4. The predicted molar refractivity (Wildman–Crippen MR) is 96.0 cm³/mol. The molecule has 3 N–H and O–H groups in total. The van der Waals surface area contributed by atoms with E-state index in [-0.39, 0.29) is 36.8 Å². The molecular weight excluding hydrogens is 325 g/mol. The highest BCUT2D eigenvalue weighted by molar-refractivity contribution is 5.85. The van der Waals surface area contributed by atoms with E-state index < -0.39 is 0 Å². The molecule has 1 aliphatic rings. The number of carbonyl (C=O) groups excluding carboxylic acids is 1. The van der Waals surface area contributed by atoms with Crippen LogP contribution in [-0.2, 0) is 9.53 Å². The van der Waals surface area contributed by atoms with Crippen LogP contribution in [0.4, 0.5) is 0 Å². The number of unbranched alkanes of at least 4 members (excludes halogenated alkanes) is 1. The third-order valence-electron chi connectivity index (χ3n) is 3.97. The second-order valence-corrected chi connectivity index (χ2v) is 5.90. The molecule has 1 amide bonds. The molecule has 22 heavy (non-hydrogen) atoms. The van der Waals surface area contributed by atoms with Crippen LogP contribution in [0.25, 0.3) is 0 Å². The number of carbonyl (C=O) groups is 1. The number of piperidine rings is 1. The summed E-state index contributed by atoms with van der Waals surface area (Å²) >= 11 is 0. The summed E-state index contributed by atoms with van der Waals surface area (Å²) in [4.78, 5) is 14.2. The Morgan fingerprint density at radius 2 is 2.14 bits per heavy atom. The normalized spacial score (nSPS) is 19.7. The van der Waals surface area contributed by atoms with Gasteiger partial charge in [-0.05, 0) is 44.7 Å². The largest absolute Gasteiger partial charge is 0.380 e. The minimum Gasteiger partial charge on any atom is -0.380 e. The lowest BCUT2D eigenvalue weighted by Gasteiger charge is -2.30. The lowest BCUT2D eigenvalue weighted by molar-refractivity contribution is -0.123. The zero-order chi connectivity index (χ0) is 14.8. The van der Waals surface area contributed by atoms with Gasteiger partial charge in [0.25, 0.3) is 0 Å². The van der Waals surface area contributed by atoms with Gasteiger partial charge in [0, 0.05) is 26.7 Å². The quantitative estimate of drug-likeness (QED) is 0.617. The maximum absolute atomic E-state index is 11.6. The topological polar surface area (TPSA) is 67.6 Å². The fourth-order valence-electron chi connectivity index (χ4n) is 2.72. The van der Waals surface area contributed by atoms with Crippen LogP contribution in [0.1, 0.15) is 39.0 Å². The molecule has 1 aliphatic heterocycles. The maximum atomic E-state index is 11.6. The first kappa shape index (κ1) is 24.2. The minimum absolute atomic E-state index is 0. The predicted octanol–water partition coefficient (Wildman–Crippen LogP) is 1.82. The van der Waals surface area contributed by atoms with Gasteiger partial charge in [-0.1, -0.05) is 6.92 Å². The van der Waals surface area contributed by atoms with Crippen molar-refractivity contribution in [3.05, 3.63) is 0 Å². The summed E-state index contributed by atoms with van der Waals surface area (Å²) in [5, 5.41) is 2.94. The number of halogens is 2. The van der Waals surface area contributed by atoms with Crippen LogP contribution in [0.3, 0.4) is 0 Å². The van der Waals surface area contributed by atoms with Crippen LogP contribution < -0.4 is 11.1 Å². The van der Waals surface area contributed by atoms with Crippen LogP contribution in [-0.4, -0.2) is 56.7 Å². The van der Waals surface area contributed by atoms with Crippen LogP contribution >= 0.6 is 24.8 Å². The number of nitrogens with zero attached hydrogens (tertiary/aromatic N) is 1. The summed E-state index contributed by atoms with van der Waals surface area (Å²) in [5.74, 6) is 0.875. The fourth-order valence-corrected chi connectivity index (χ4v) is 2.72. The first-order valence-electron chi connectivity index (χ1n) is 7.87. The Balaban J connectivity index is 0. The number of methoxy groups -OCH3 is 1. The highest BCUT2D eigenvalue weighted by atomic mass is 35.5. The Kier molecular flexibility index (Phi) is 16.0. The van der Waals surface area contributed by atoms with Gasteiger partial charge >= 0.3 is 0 Å². The van der Waals surface area contributed by atoms with E-state index in [0.717, 1.165) is 31.8 Å². The second-order valence-electron chi connectivity index (χ2n) is 5.90. The lowest BCUT2D eigenvalue weighted by atomic mass is 10.0. The summed E-state index contributed by atoms with van der Waals surface area (Å²) in [6.45, 7) is 7.10. The smallest absolute Gasteiger partial charge is 0.222 e. The molecule has 1 rings (SSSR count). The number of nitrogens with one attached hydrogen (secondary N) is 1. The van der Waals surface area contributed by atoms with Gasteiger partial charge in [-0.25, -0.2) is 0 Å². The molecule has 0 radical (unpaired) electrons. The van der Waals surface area contributed by atoms with E-state index in [1.807, 2.05) is 0 Å². The van der Waals surface area contributed by atoms with Crippen LogP contribution in [0, 0.1) is 5.92 Å². The number of rotatable bonds is 9. The third kappa shape index (κ3) is 10.6. The van der Waals surface area contributed by atoms with E-state index in [2.05, 4.69) is 17.1 Å². The molecule has 0 saturated carbocycles. The van der Waals surface area contributed by atoms with Crippen molar-refractivity contribution in [2.75, 3.05) is 39.8 Å². The van der Waals surface area contributed by atoms with Crippen molar-refractivity contribution in [2.24, 2.45) is 11.7 Å². The van der Waals surface area contributed by atoms with Crippen molar-refractivity contribution in [3.63, 3.8) is 0 Å². The van der Waals surface area contributed by atoms with E-state index in [1.54, 1.807) is 7.11 Å². The molecule has 0 bridgehead atoms. The number of nitrogens with two attached hydrogens (primary N) is 1. The molecule has 0 aromatic heterocycles. The van der Waals surface area contributed by atoms with Crippen LogP contribution in [0.15, 0.2) is 0 Å². The molecule has 1 saturated heterocycles. The molecule has 5 nitrogen and oxygen atoms in total. The summed E-state index contributed by atoms with van der Waals surface area (Å²) in [6, 6.07) is 0. The molecule has 1 fully saturated rings. The zero-order valence-corrected chi connectivity index (χ0v) is 15.5. The minimum atomic E-state index is -0.162. The van der Waals surface area contributed by atoms with Crippen molar-refractivity contribution in [2.45, 2.75) is 45.1 Å². The maximum Gasteiger partial charge on any atom is 0.222 e. The average molecular weight is 358 g/mol. The zero-order valence-electron chi connectivity index (χ0n) is 13.9. The first-order chi connectivity index (χ1) is 9.65. The van der Waals surface area contributed by atoms with Crippen molar-refractivity contribution in [1.29, 1.82) is 0 Å². The Morgan fingerprint density at radius 3 is 2.73 bits per heavy atom. The highest BCUT2D eigenvalue weighted by Gasteiger charge is 2.15. The second kappa shape index (κ2) is 14.5. The van der Waals surface area contributed by atoms with Crippen molar-refractivity contribution < 1.29 is 9.53 Å². The molecule has 134 valence electrons. The Labute approximate surface area is 147 Å². The molecule has 0 aromatic rings.